The third-order valence-corrected chi connectivity index (χ3v) is 7.13. The van der Waals surface area contributed by atoms with E-state index < -0.39 is 9.84 Å². The van der Waals surface area contributed by atoms with Gasteiger partial charge in [-0.05, 0) is 17.7 Å². The molecule has 5 rings (SSSR count). The van der Waals surface area contributed by atoms with Crippen LogP contribution in [0.1, 0.15) is 10.4 Å². The van der Waals surface area contributed by atoms with Gasteiger partial charge in [-0.3, -0.25) is 9.36 Å². The average Bonchev–Trinajstić information content (AvgIpc) is 3.28. The first-order valence-electron chi connectivity index (χ1n) is 11.0. The fourth-order valence-electron chi connectivity index (χ4n) is 4.24. The lowest BCUT2D eigenvalue weighted by Gasteiger charge is -2.27. The van der Waals surface area contributed by atoms with E-state index in [1.54, 1.807) is 52.2 Å². The Bertz CT molecular complexity index is 1580. The average molecular weight is 487 g/mol. The third-order valence-electron chi connectivity index (χ3n) is 6.01. The fraction of sp³-hybridized carbons (Fsp3) is 0.200. The number of carbonyl (C=O) groups is 1. The van der Waals surface area contributed by atoms with Gasteiger partial charge in [0.15, 0.2) is 15.5 Å². The van der Waals surface area contributed by atoms with E-state index in [0.29, 0.717) is 46.4 Å². The van der Waals surface area contributed by atoms with Gasteiger partial charge in [0.2, 0.25) is 5.95 Å². The van der Waals surface area contributed by atoms with Crippen molar-refractivity contribution in [1.82, 2.24) is 24.8 Å². The highest BCUT2D eigenvalue weighted by atomic mass is 32.2. The molecular formula is C25H22N6O3S. The highest BCUT2D eigenvalue weighted by molar-refractivity contribution is 7.91. The van der Waals surface area contributed by atoms with Crippen LogP contribution in [0.3, 0.4) is 0 Å². The van der Waals surface area contributed by atoms with Crippen molar-refractivity contribution in [2.75, 3.05) is 32.4 Å². The van der Waals surface area contributed by atoms with Gasteiger partial charge in [-0.1, -0.05) is 30.3 Å². The second-order valence-corrected chi connectivity index (χ2v) is 10.3. The Morgan fingerprint density at radius 3 is 2.49 bits per heavy atom. The van der Waals surface area contributed by atoms with Gasteiger partial charge in [0.05, 0.1) is 17.0 Å². The summed E-state index contributed by atoms with van der Waals surface area (Å²) in [6.07, 6.45) is 5.85. The lowest BCUT2D eigenvalue weighted by molar-refractivity contribution is 0.0736. The minimum Gasteiger partial charge on any atom is -0.336 e. The van der Waals surface area contributed by atoms with Crippen LogP contribution in [0.5, 0.6) is 0 Å². The summed E-state index contributed by atoms with van der Waals surface area (Å²) in [4.78, 5) is 27.5. The van der Waals surface area contributed by atoms with Crippen LogP contribution in [0, 0.1) is 6.57 Å². The smallest absolute Gasteiger partial charge is 0.254 e. The molecule has 0 aliphatic carbocycles. The first-order chi connectivity index (χ1) is 16.9. The van der Waals surface area contributed by atoms with Crippen molar-refractivity contribution in [1.29, 1.82) is 0 Å². The molecule has 0 bridgehead atoms. The van der Waals surface area contributed by atoms with Crippen LogP contribution in [0.4, 0.5) is 5.69 Å². The Morgan fingerprint density at radius 2 is 1.80 bits per heavy atom. The monoisotopic (exact) mass is 486 g/mol. The van der Waals surface area contributed by atoms with Gasteiger partial charge in [-0.15, -0.1) is 0 Å². The molecule has 0 radical (unpaired) electrons. The summed E-state index contributed by atoms with van der Waals surface area (Å²) in [7, 11) is -3.54. The highest BCUT2D eigenvalue weighted by Crippen LogP contribution is 2.31. The molecule has 1 aliphatic rings. The number of piperazine rings is 1. The summed E-state index contributed by atoms with van der Waals surface area (Å²) in [5, 5.41) is 3.72. The molecule has 0 spiro atoms. The van der Waals surface area contributed by atoms with Crippen LogP contribution in [-0.2, 0) is 9.84 Å². The molecule has 1 saturated heterocycles. The maximum absolute atomic E-state index is 13.1. The van der Waals surface area contributed by atoms with Gasteiger partial charge >= 0.3 is 0 Å². The van der Waals surface area contributed by atoms with Gasteiger partial charge in [0.25, 0.3) is 5.91 Å². The van der Waals surface area contributed by atoms with E-state index in [2.05, 4.69) is 20.1 Å². The van der Waals surface area contributed by atoms with Gasteiger partial charge in [-0.2, -0.15) is 0 Å². The van der Waals surface area contributed by atoms with Gasteiger partial charge in [0, 0.05) is 67.5 Å². The van der Waals surface area contributed by atoms with E-state index in [0.717, 1.165) is 19.3 Å². The minimum atomic E-state index is -3.54. The molecule has 2 aromatic heterocycles. The largest absolute Gasteiger partial charge is 0.336 e. The van der Waals surface area contributed by atoms with Crippen LogP contribution >= 0.6 is 0 Å². The van der Waals surface area contributed by atoms with Crippen LogP contribution in [-0.4, -0.2) is 66.2 Å². The van der Waals surface area contributed by atoms with Crippen molar-refractivity contribution < 1.29 is 13.2 Å². The van der Waals surface area contributed by atoms with E-state index in [4.69, 9.17) is 6.57 Å². The van der Waals surface area contributed by atoms with Crippen molar-refractivity contribution in [3.05, 3.63) is 78.0 Å². The zero-order chi connectivity index (χ0) is 24.6. The normalized spacial score (nSPS) is 14.1. The molecule has 9 nitrogen and oxygen atoms in total. The number of carbonyl (C=O) groups excluding carboxylic acids is 1. The molecule has 35 heavy (non-hydrogen) atoms. The van der Waals surface area contributed by atoms with Crippen molar-refractivity contribution in [2.45, 2.75) is 4.90 Å². The van der Waals surface area contributed by atoms with Gasteiger partial charge in [0.1, 0.15) is 0 Å². The summed E-state index contributed by atoms with van der Waals surface area (Å²) in [6, 6.07) is 12.2. The Hall–Kier alpha value is -4.07. The predicted molar refractivity (Wildman–Crippen MR) is 132 cm³/mol. The lowest BCUT2D eigenvalue weighted by atomic mass is 10.1. The molecule has 10 heteroatoms. The summed E-state index contributed by atoms with van der Waals surface area (Å²) in [5.74, 6) is 0.162. The van der Waals surface area contributed by atoms with E-state index in [1.807, 2.05) is 12.1 Å². The lowest BCUT2D eigenvalue weighted by Crippen LogP contribution is -2.46. The number of aromatic nitrogens is 3. The first-order valence-corrected chi connectivity index (χ1v) is 12.9. The molecule has 4 aromatic rings. The summed E-state index contributed by atoms with van der Waals surface area (Å²) in [5.41, 5.74) is 2.88. The van der Waals surface area contributed by atoms with E-state index in [-0.39, 0.29) is 16.8 Å². The topological polar surface area (TPSA) is 102 Å². The number of hydrogen-bond acceptors (Lipinski definition) is 6. The number of nitrogens with zero attached hydrogens (tertiary/aromatic N) is 5. The molecule has 176 valence electrons. The molecule has 0 atom stereocenters. The second kappa shape index (κ2) is 8.94. The van der Waals surface area contributed by atoms with E-state index in [1.165, 1.54) is 6.20 Å². The summed E-state index contributed by atoms with van der Waals surface area (Å²) >= 11 is 0. The molecule has 1 N–H and O–H groups in total. The standard InChI is InChI=1S/C25H22N6O3S/c1-26-21-6-4-3-5-19(21)18-14-28-25(29-15-18)31-16-23(35(2,33)34)20-8-7-17(13-22(20)31)24(32)30-11-9-27-10-12-30/h3-8,13-16,27H,9-12H2,2H3. The number of fused-ring (bicyclic) bond motifs is 1. The number of hydrogen-bond donors (Lipinski definition) is 1. The van der Waals surface area contributed by atoms with Crippen LogP contribution < -0.4 is 5.32 Å². The molecule has 2 aromatic carbocycles. The maximum Gasteiger partial charge on any atom is 0.254 e. The maximum atomic E-state index is 13.1. The summed E-state index contributed by atoms with van der Waals surface area (Å²) in [6.45, 7) is 10.1. The number of sulfone groups is 1. The quantitative estimate of drug-likeness (QED) is 0.445. The number of benzene rings is 2. The van der Waals surface area contributed by atoms with Crippen LogP contribution in [0.2, 0.25) is 0 Å². The highest BCUT2D eigenvalue weighted by Gasteiger charge is 2.23. The molecule has 0 unspecified atom stereocenters. The van der Waals surface area contributed by atoms with E-state index in [9.17, 15) is 13.2 Å². The van der Waals surface area contributed by atoms with Crippen molar-refractivity contribution in [3.63, 3.8) is 0 Å². The van der Waals surface area contributed by atoms with Crippen molar-refractivity contribution >= 4 is 32.3 Å². The van der Waals surface area contributed by atoms with Crippen molar-refractivity contribution in [3.8, 4) is 17.1 Å². The molecule has 1 aliphatic heterocycles. The predicted octanol–water partition coefficient (Wildman–Crippen LogP) is 3.09. The third kappa shape index (κ3) is 4.27. The van der Waals surface area contributed by atoms with Crippen molar-refractivity contribution in [2.24, 2.45) is 0 Å². The Morgan fingerprint density at radius 1 is 1.09 bits per heavy atom. The number of nitrogens with one attached hydrogen (secondary N) is 1. The molecule has 1 amide bonds. The summed E-state index contributed by atoms with van der Waals surface area (Å²) < 4.78 is 26.6. The van der Waals surface area contributed by atoms with E-state index >= 15 is 0 Å². The zero-order valence-electron chi connectivity index (χ0n) is 19.0. The molecular weight excluding hydrogens is 464 g/mol. The Balaban J connectivity index is 1.61. The number of rotatable bonds is 4. The molecule has 0 saturated carbocycles. The molecule has 1 fully saturated rings. The first kappa shape index (κ1) is 22.7. The van der Waals surface area contributed by atoms with Crippen LogP contribution in [0.15, 0.2) is 66.0 Å². The minimum absolute atomic E-state index is 0.103. The fourth-order valence-corrected chi connectivity index (χ4v) is 5.11. The SMILES string of the molecule is [C-]#[N+]c1ccccc1-c1cnc(-n2cc(S(C)(=O)=O)c3ccc(C(=O)N4CCNCC4)cc32)nc1. The zero-order valence-corrected chi connectivity index (χ0v) is 19.8. The number of para-hydroxylation sites is 1. The molecule has 3 heterocycles. The Kier molecular flexibility index (Phi) is 5.80. The van der Waals surface area contributed by atoms with Gasteiger partial charge in [-0.25, -0.2) is 23.2 Å². The Labute approximate surface area is 202 Å². The number of amides is 1. The van der Waals surface area contributed by atoms with Gasteiger partial charge < -0.3 is 10.2 Å². The second-order valence-electron chi connectivity index (χ2n) is 8.31. The van der Waals surface area contributed by atoms with Crippen LogP contribution in [0.25, 0.3) is 32.8 Å².